The molecule has 0 aliphatic heterocycles. The van der Waals surface area contributed by atoms with Crippen LogP contribution in [0.2, 0.25) is 5.15 Å². The Labute approximate surface area is 216 Å². The van der Waals surface area contributed by atoms with Crippen molar-refractivity contribution in [2.45, 2.75) is 24.5 Å². The monoisotopic (exact) mass is 525 g/mol. The summed E-state index contributed by atoms with van der Waals surface area (Å²) in [7, 11) is 3.08. The highest BCUT2D eigenvalue weighted by molar-refractivity contribution is 6.32. The number of halogens is 1. The van der Waals surface area contributed by atoms with Gasteiger partial charge in [0.05, 0.1) is 17.5 Å². The summed E-state index contributed by atoms with van der Waals surface area (Å²) in [5.74, 6) is -10.8. The lowest BCUT2D eigenvalue weighted by atomic mass is 9.52. The molecule has 1 aromatic carbocycles. The molecule has 1 aromatic heterocycles. The smallest absolute Gasteiger partial charge is 0.235 e. The number of primary amides is 1. The van der Waals surface area contributed by atoms with E-state index in [0.717, 1.165) is 0 Å². The molecule has 0 radical (unpaired) electrons. The molecule has 1 amide bonds. The molecule has 2 aromatic rings. The fourth-order valence-electron chi connectivity index (χ4n) is 6.41. The predicted octanol–water partition coefficient (Wildman–Crippen LogP) is 0.582. The number of carbonyl (C=O) groups is 5. The molecule has 2 fully saturated rings. The van der Waals surface area contributed by atoms with E-state index in [1.54, 1.807) is 32.3 Å². The average molecular weight is 526 g/mol. The van der Waals surface area contributed by atoms with Crippen molar-refractivity contribution in [2.24, 2.45) is 29.4 Å². The number of carbonyl (C=O) groups excluding carboxylic acids is 5. The molecule has 0 saturated heterocycles. The molecule has 37 heavy (non-hydrogen) atoms. The maximum atomic E-state index is 13.8. The lowest BCUT2D eigenvalue weighted by Crippen LogP contribution is -2.74. The minimum atomic E-state index is -2.75. The van der Waals surface area contributed by atoms with E-state index in [4.69, 9.17) is 17.3 Å². The molecule has 1 heterocycles. The van der Waals surface area contributed by atoms with Gasteiger partial charge in [-0.1, -0.05) is 17.7 Å². The number of aromatic nitrogens is 1. The highest BCUT2D eigenvalue weighted by Gasteiger charge is 2.69. The quantitative estimate of drug-likeness (QED) is 0.383. The second kappa shape index (κ2) is 8.54. The summed E-state index contributed by atoms with van der Waals surface area (Å²) >= 11 is 5.91. The topological polar surface area (TPSA) is 168 Å². The number of fused-ring (bicyclic) bond motifs is 3. The molecule has 10 nitrogen and oxygen atoms in total. The Hall–Kier alpha value is -3.47. The SMILES string of the molecule is CN(C)C1C(=O)C(C(N)=O)C(=O)[C@@]2(O)C(=O)C3C(=O)c4c(O)ccc(-c5ccc(Cl)nc5)c4C[C@H]3C[C@@H]12. The van der Waals surface area contributed by atoms with Gasteiger partial charge in [0.15, 0.2) is 34.7 Å². The summed E-state index contributed by atoms with van der Waals surface area (Å²) in [5.41, 5.74) is 4.27. The van der Waals surface area contributed by atoms with Crippen molar-refractivity contribution >= 4 is 40.6 Å². The first-order valence-electron chi connectivity index (χ1n) is 11.7. The Bertz CT molecular complexity index is 1390. The fourth-order valence-corrected chi connectivity index (χ4v) is 6.52. The summed E-state index contributed by atoms with van der Waals surface area (Å²) in [6.07, 6.45) is 1.68. The Morgan fingerprint density at radius 1 is 1.14 bits per heavy atom. The normalized spacial score (nSPS) is 31.1. The van der Waals surface area contributed by atoms with Crippen molar-refractivity contribution in [1.29, 1.82) is 0 Å². The highest BCUT2D eigenvalue weighted by Crippen LogP contribution is 2.51. The standard InChI is InChI=1S/C26H24ClN3O7/c1-30(2)20-14-8-11-7-13-12(10-3-6-16(27)29-9-10)4-5-15(31)18(13)21(32)17(11)23(34)26(14,37)24(35)19(22(20)33)25(28)36/h3-6,9,11,14,17,19-20,31,37H,7-8H2,1-2H3,(H2,28,36)/t11-,14-,17?,19?,20?,26-/m0/s1. The zero-order valence-corrected chi connectivity index (χ0v) is 20.7. The number of aromatic hydroxyl groups is 1. The van der Waals surface area contributed by atoms with Crippen molar-refractivity contribution in [3.05, 3.63) is 46.7 Å². The van der Waals surface area contributed by atoms with E-state index in [0.29, 0.717) is 16.7 Å². The third kappa shape index (κ3) is 3.47. The predicted molar refractivity (Wildman–Crippen MR) is 130 cm³/mol. The van der Waals surface area contributed by atoms with Crippen LogP contribution in [0.1, 0.15) is 22.3 Å². The van der Waals surface area contributed by atoms with Gasteiger partial charge in [-0.2, -0.15) is 0 Å². The maximum Gasteiger partial charge on any atom is 0.235 e. The van der Waals surface area contributed by atoms with E-state index in [1.807, 2.05) is 0 Å². The number of aliphatic hydroxyl groups is 1. The molecule has 6 atom stereocenters. The molecule has 2 saturated carbocycles. The maximum absolute atomic E-state index is 13.8. The van der Waals surface area contributed by atoms with Gasteiger partial charge in [0.2, 0.25) is 5.91 Å². The van der Waals surface area contributed by atoms with Crippen LogP contribution in [-0.4, -0.2) is 74.9 Å². The van der Waals surface area contributed by atoms with Crippen molar-refractivity contribution in [3.63, 3.8) is 0 Å². The van der Waals surface area contributed by atoms with Crippen LogP contribution in [0.25, 0.3) is 11.1 Å². The minimum absolute atomic E-state index is 0.0160. The van der Waals surface area contributed by atoms with Crippen LogP contribution < -0.4 is 5.73 Å². The van der Waals surface area contributed by atoms with Crippen LogP contribution in [0.4, 0.5) is 0 Å². The van der Waals surface area contributed by atoms with Gasteiger partial charge in [-0.15, -0.1) is 0 Å². The number of Topliss-reactive ketones (excluding diaryl/α,β-unsaturated/α-hetero) is 4. The third-order valence-electron chi connectivity index (χ3n) is 7.98. The number of nitrogens with two attached hydrogens (primary N) is 1. The molecule has 0 bridgehead atoms. The largest absolute Gasteiger partial charge is 0.507 e. The molecule has 5 rings (SSSR count). The number of amides is 1. The van der Waals surface area contributed by atoms with Crippen molar-refractivity contribution in [3.8, 4) is 16.9 Å². The molecule has 3 aliphatic carbocycles. The fraction of sp³-hybridized carbons (Fsp3) is 0.385. The van der Waals surface area contributed by atoms with Gasteiger partial charge in [-0.3, -0.25) is 28.9 Å². The Balaban J connectivity index is 1.66. The lowest BCUT2D eigenvalue weighted by Gasteiger charge is -2.52. The number of ketones is 4. The van der Waals surface area contributed by atoms with Gasteiger partial charge in [-0.25, -0.2) is 4.98 Å². The summed E-state index contributed by atoms with van der Waals surface area (Å²) in [6.45, 7) is 0. The van der Waals surface area contributed by atoms with Gasteiger partial charge < -0.3 is 15.9 Å². The number of hydrogen-bond acceptors (Lipinski definition) is 9. The minimum Gasteiger partial charge on any atom is -0.507 e. The van der Waals surface area contributed by atoms with Crippen LogP contribution in [0.3, 0.4) is 0 Å². The number of benzene rings is 1. The van der Waals surface area contributed by atoms with E-state index in [1.165, 1.54) is 17.2 Å². The van der Waals surface area contributed by atoms with Gasteiger partial charge >= 0.3 is 0 Å². The van der Waals surface area contributed by atoms with Crippen molar-refractivity contribution < 1.29 is 34.2 Å². The van der Waals surface area contributed by atoms with Crippen molar-refractivity contribution in [2.75, 3.05) is 14.1 Å². The van der Waals surface area contributed by atoms with Crippen LogP contribution in [0.5, 0.6) is 5.75 Å². The number of pyridine rings is 1. The van der Waals surface area contributed by atoms with Gasteiger partial charge in [0.1, 0.15) is 10.9 Å². The van der Waals surface area contributed by atoms with E-state index >= 15 is 0 Å². The summed E-state index contributed by atoms with van der Waals surface area (Å²) < 4.78 is 0. The molecule has 4 N–H and O–H groups in total. The average Bonchev–Trinajstić information content (AvgIpc) is 2.82. The number of phenolic OH excluding ortho intramolecular Hbond substituents is 1. The number of hydrogen-bond donors (Lipinski definition) is 3. The molecule has 3 unspecified atom stereocenters. The summed E-state index contributed by atoms with van der Waals surface area (Å²) in [6, 6.07) is 5.13. The van der Waals surface area contributed by atoms with Gasteiger partial charge in [0, 0.05) is 17.7 Å². The molecule has 192 valence electrons. The number of phenols is 1. The van der Waals surface area contributed by atoms with E-state index < -0.39 is 64.4 Å². The second-order valence-electron chi connectivity index (χ2n) is 10.1. The third-order valence-corrected chi connectivity index (χ3v) is 8.21. The molecular weight excluding hydrogens is 502 g/mol. The zero-order valence-electron chi connectivity index (χ0n) is 20.0. The first-order chi connectivity index (χ1) is 17.4. The Kier molecular flexibility index (Phi) is 5.82. The first kappa shape index (κ1) is 25.2. The second-order valence-corrected chi connectivity index (χ2v) is 10.5. The Morgan fingerprint density at radius 3 is 2.43 bits per heavy atom. The first-order valence-corrected chi connectivity index (χ1v) is 12.1. The molecule has 0 spiro atoms. The van der Waals surface area contributed by atoms with E-state index in [2.05, 4.69) is 4.98 Å². The molecule has 11 heteroatoms. The van der Waals surface area contributed by atoms with Crippen LogP contribution in [0, 0.1) is 23.7 Å². The summed E-state index contributed by atoms with van der Waals surface area (Å²) in [5, 5.41) is 22.5. The highest BCUT2D eigenvalue weighted by atomic mass is 35.5. The summed E-state index contributed by atoms with van der Waals surface area (Å²) in [4.78, 5) is 71.6. The number of nitrogens with zero attached hydrogens (tertiary/aromatic N) is 2. The lowest BCUT2D eigenvalue weighted by molar-refractivity contribution is -0.181. The van der Waals surface area contributed by atoms with Crippen LogP contribution >= 0.6 is 11.6 Å². The molecular formula is C26H24ClN3O7. The zero-order chi connectivity index (χ0) is 27.0. The van der Waals surface area contributed by atoms with Crippen LogP contribution in [-0.2, 0) is 25.6 Å². The van der Waals surface area contributed by atoms with Gasteiger partial charge in [-0.05, 0) is 62.2 Å². The van der Waals surface area contributed by atoms with Crippen molar-refractivity contribution in [1.82, 2.24) is 9.88 Å². The molecule has 3 aliphatic rings. The van der Waals surface area contributed by atoms with E-state index in [9.17, 15) is 34.2 Å². The van der Waals surface area contributed by atoms with Crippen LogP contribution in [0.15, 0.2) is 30.5 Å². The Morgan fingerprint density at radius 2 is 1.84 bits per heavy atom. The number of likely N-dealkylation sites (N-methyl/N-ethyl adjacent to an activating group) is 1. The van der Waals surface area contributed by atoms with Gasteiger partial charge in [0.25, 0.3) is 0 Å². The number of rotatable bonds is 3. The van der Waals surface area contributed by atoms with E-state index in [-0.39, 0.29) is 29.3 Å².